The lowest BCUT2D eigenvalue weighted by Crippen LogP contribution is -2.05. The average molecular weight is 271 g/mol. The molecule has 0 bridgehead atoms. The Hall–Kier alpha value is -2.56. The van der Waals surface area contributed by atoms with Crippen molar-refractivity contribution in [2.24, 2.45) is 0 Å². The summed E-state index contributed by atoms with van der Waals surface area (Å²) in [6.07, 6.45) is 0. The summed E-state index contributed by atoms with van der Waals surface area (Å²) < 4.78 is 15.5. The van der Waals surface area contributed by atoms with Crippen LogP contribution in [-0.2, 0) is 4.74 Å². The van der Waals surface area contributed by atoms with Crippen LogP contribution in [0, 0.1) is 0 Å². The molecule has 3 rings (SSSR count). The summed E-state index contributed by atoms with van der Waals surface area (Å²) in [5.74, 6) is 0.293. The number of esters is 1. The summed E-state index contributed by atoms with van der Waals surface area (Å²) in [7, 11) is 1.62. The minimum atomic E-state index is -0.473. The Morgan fingerprint density at radius 2 is 2.05 bits per heavy atom. The van der Waals surface area contributed by atoms with Gasteiger partial charge in [-0.2, -0.15) is 0 Å². The lowest BCUT2D eigenvalue weighted by atomic mass is 10.1. The number of nitrogens with zero attached hydrogens (tertiary/aromatic N) is 1. The minimum absolute atomic E-state index is 0.208. The van der Waals surface area contributed by atoms with Crippen molar-refractivity contribution in [3.63, 3.8) is 0 Å². The lowest BCUT2D eigenvalue weighted by molar-refractivity contribution is 0.0517. The molecule has 3 aromatic rings. The second kappa shape index (κ2) is 4.85. The molecule has 0 saturated heterocycles. The van der Waals surface area contributed by atoms with Gasteiger partial charge in [0.1, 0.15) is 5.75 Å². The summed E-state index contributed by atoms with van der Waals surface area (Å²) in [6, 6.07) is 9.34. The number of carbonyl (C=O) groups excluding carboxylic acids is 1. The molecule has 0 radical (unpaired) electrons. The van der Waals surface area contributed by atoms with Crippen LogP contribution in [0.3, 0.4) is 0 Å². The van der Waals surface area contributed by atoms with Crippen LogP contribution < -0.4 is 4.74 Å². The maximum absolute atomic E-state index is 11.8. The van der Waals surface area contributed by atoms with Gasteiger partial charge in [-0.15, -0.1) is 0 Å². The number of ether oxygens (including phenoxy) is 2. The van der Waals surface area contributed by atoms with Crippen LogP contribution >= 0.6 is 0 Å². The second-order valence-electron chi connectivity index (χ2n) is 4.28. The highest BCUT2D eigenvalue weighted by atomic mass is 16.5. The molecule has 1 aromatic heterocycles. The third-order valence-corrected chi connectivity index (χ3v) is 3.13. The summed E-state index contributed by atoms with van der Waals surface area (Å²) >= 11 is 0. The lowest BCUT2D eigenvalue weighted by Gasteiger charge is -2.02. The molecule has 20 heavy (non-hydrogen) atoms. The highest BCUT2D eigenvalue weighted by Gasteiger charge is 2.18. The Bertz CT molecular complexity index is 791. The standard InChI is InChI=1S/C15H13NO4/c1-3-19-15(17)13-12-6-4-9-8-10(18-2)5-7-11(9)14(12)20-16-13/h4-8H,3H2,1-2H3. The maximum Gasteiger partial charge on any atom is 0.361 e. The minimum Gasteiger partial charge on any atom is -0.497 e. The van der Waals surface area contributed by atoms with E-state index in [0.717, 1.165) is 16.5 Å². The van der Waals surface area contributed by atoms with Crippen LogP contribution in [0.2, 0.25) is 0 Å². The van der Waals surface area contributed by atoms with E-state index >= 15 is 0 Å². The van der Waals surface area contributed by atoms with Crippen molar-refractivity contribution in [3.8, 4) is 5.75 Å². The monoisotopic (exact) mass is 271 g/mol. The molecule has 0 spiro atoms. The van der Waals surface area contributed by atoms with Crippen LogP contribution in [0.5, 0.6) is 5.75 Å². The first-order valence-electron chi connectivity index (χ1n) is 6.28. The molecule has 5 heteroatoms. The quantitative estimate of drug-likeness (QED) is 0.685. The van der Waals surface area contributed by atoms with Gasteiger partial charge in [0.25, 0.3) is 0 Å². The molecule has 2 aromatic carbocycles. The Morgan fingerprint density at radius 1 is 1.25 bits per heavy atom. The van der Waals surface area contributed by atoms with Crippen LogP contribution in [0.1, 0.15) is 17.4 Å². The first kappa shape index (κ1) is 12.5. The predicted molar refractivity (Wildman–Crippen MR) is 74.0 cm³/mol. The Kier molecular flexibility index (Phi) is 3.02. The summed E-state index contributed by atoms with van der Waals surface area (Å²) in [4.78, 5) is 11.8. The van der Waals surface area contributed by atoms with Gasteiger partial charge in [-0.05, 0) is 36.6 Å². The fourth-order valence-corrected chi connectivity index (χ4v) is 2.18. The SMILES string of the molecule is CCOC(=O)c1noc2c1ccc1cc(OC)ccc12. The van der Waals surface area contributed by atoms with E-state index in [-0.39, 0.29) is 5.69 Å². The van der Waals surface area contributed by atoms with Crippen LogP contribution in [0.25, 0.3) is 21.7 Å². The molecule has 0 unspecified atom stereocenters. The number of hydrogen-bond acceptors (Lipinski definition) is 5. The highest BCUT2D eigenvalue weighted by molar-refractivity contribution is 6.10. The van der Waals surface area contributed by atoms with E-state index in [1.54, 1.807) is 20.1 Å². The molecule has 0 saturated carbocycles. The van der Waals surface area contributed by atoms with Gasteiger partial charge in [0.05, 0.1) is 19.1 Å². The average Bonchev–Trinajstić information content (AvgIpc) is 2.91. The smallest absolute Gasteiger partial charge is 0.361 e. The number of fused-ring (bicyclic) bond motifs is 3. The molecule has 0 N–H and O–H groups in total. The molecule has 5 nitrogen and oxygen atoms in total. The number of rotatable bonds is 3. The van der Waals surface area contributed by atoms with E-state index in [1.165, 1.54) is 0 Å². The van der Waals surface area contributed by atoms with E-state index in [1.807, 2.05) is 24.3 Å². The zero-order valence-electron chi connectivity index (χ0n) is 11.2. The molecule has 0 amide bonds. The van der Waals surface area contributed by atoms with Gasteiger partial charge < -0.3 is 14.0 Å². The van der Waals surface area contributed by atoms with Gasteiger partial charge in [-0.25, -0.2) is 4.79 Å². The van der Waals surface area contributed by atoms with E-state index in [0.29, 0.717) is 17.6 Å². The van der Waals surface area contributed by atoms with E-state index in [2.05, 4.69) is 5.16 Å². The zero-order valence-corrected chi connectivity index (χ0v) is 11.2. The number of benzene rings is 2. The van der Waals surface area contributed by atoms with Gasteiger partial charge in [0, 0.05) is 5.39 Å². The molecular weight excluding hydrogens is 258 g/mol. The summed E-state index contributed by atoms with van der Waals surface area (Å²) in [5, 5.41) is 6.32. The molecular formula is C15H13NO4. The van der Waals surface area contributed by atoms with Crippen LogP contribution in [0.4, 0.5) is 0 Å². The van der Waals surface area contributed by atoms with Crippen LogP contribution in [0.15, 0.2) is 34.9 Å². The fourth-order valence-electron chi connectivity index (χ4n) is 2.18. The van der Waals surface area contributed by atoms with Gasteiger partial charge in [0.15, 0.2) is 11.3 Å². The second-order valence-corrected chi connectivity index (χ2v) is 4.28. The van der Waals surface area contributed by atoms with Crippen molar-refractivity contribution < 1.29 is 18.8 Å². The fraction of sp³-hybridized carbons (Fsp3) is 0.200. The van der Waals surface area contributed by atoms with Crippen LogP contribution in [-0.4, -0.2) is 24.8 Å². The summed E-state index contributed by atoms with van der Waals surface area (Å²) in [5.41, 5.74) is 0.785. The van der Waals surface area contributed by atoms with Gasteiger partial charge in [-0.1, -0.05) is 11.2 Å². The molecule has 0 aliphatic carbocycles. The molecule has 1 heterocycles. The molecule has 0 fully saturated rings. The number of aromatic nitrogens is 1. The number of methoxy groups -OCH3 is 1. The van der Waals surface area contributed by atoms with Crippen molar-refractivity contribution in [2.75, 3.05) is 13.7 Å². The maximum atomic E-state index is 11.8. The van der Waals surface area contributed by atoms with Gasteiger partial charge in [-0.3, -0.25) is 0 Å². The summed E-state index contributed by atoms with van der Waals surface area (Å²) in [6.45, 7) is 2.06. The normalized spacial score (nSPS) is 10.9. The Morgan fingerprint density at radius 3 is 2.80 bits per heavy atom. The van der Waals surface area contributed by atoms with Crippen molar-refractivity contribution in [1.29, 1.82) is 0 Å². The number of hydrogen-bond donors (Lipinski definition) is 0. The van der Waals surface area contributed by atoms with E-state index in [4.69, 9.17) is 14.0 Å². The van der Waals surface area contributed by atoms with Gasteiger partial charge in [0.2, 0.25) is 0 Å². The Balaban J connectivity index is 2.21. The van der Waals surface area contributed by atoms with E-state index < -0.39 is 5.97 Å². The van der Waals surface area contributed by atoms with Crippen molar-refractivity contribution >= 4 is 27.7 Å². The largest absolute Gasteiger partial charge is 0.497 e. The van der Waals surface area contributed by atoms with Gasteiger partial charge >= 0.3 is 5.97 Å². The Labute approximate surface area is 115 Å². The van der Waals surface area contributed by atoms with Crippen molar-refractivity contribution in [3.05, 3.63) is 36.0 Å². The molecule has 0 aliphatic rings. The van der Waals surface area contributed by atoms with Crippen molar-refractivity contribution in [1.82, 2.24) is 5.16 Å². The zero-order chi connectivity index (χ0) is 14.1. The van der Waals surface area contributed by atoms with E-state index in [9.17, 15) is 4.79 Å². The molecule has 102 valence electrons. The van der Waals surface area contributed by atoms with Crippen molar-refractivity contribution in [2.45, 2.75) is 6.92 Å². The third kappa shape index (κ3) is 1.87. The number of carbonyl (C=O) groups is 1. The third-order valence-electron chi connectivity index (χ3n) is 3.13. The topological polar surface area (TPSA) is 61.6 Å². The molecule has 0 atom stereocenters. The molecule has 0 aliphatic heterocycles. The predicted octanol–water partition coefficient (Wildman–Crippen LogP) is 3.17. The highest BCUT2D eigenvalue weighted by Crippen LogP contribution is 2.30. The first-order valence-corrected chi connectivity index (χ1v) is 6.28. The first-order chi connectivity index (χ1) is 9.74.